The zero-order chi connectivity index (χ0) is 15.1. The number of nitriles is 1. The van der Waals surface area contributed by atoms with Crippen LogP contribution in [0.1, 0.15) is 30.0 Å². The van der Waals surface area contributed by atoms with Crippen molar-refractivity contribution in [1.29, 1.82) is 5.26 Å². The Labute approximate surface area is 123 Å². The van der Waals surface area contributed by atoms with Gasteiger partial charge < -0.3 is 5.32 Å². The second-order valence-electron chi connectivity index (χ2n) is 4.75. The number of carbonyl (C=O) groups is 1. The van der Waals surface area contributed by atoms with Crippen LogP contribution in [0.25, 0.3) is 0 Å². The molecule has 1 amide bonds. The zero-order valence-electron chi connectivity index (χ0n) is 11.9. The molecule has 0 aliphatic rings. The molecule has 1 aromatic heterocycles. The molecule has 1 heterocycles. The molecule has 0 aliphatic heterocycles. The molecule has 108 valence electrons. The number of nitrogens with zero attached hydrogens (tertiary/aromatic N) is 4. The highest BCUT2D eigenvalue weighted by molar-refractivity contribution is 5.76. The molecule has 0 saturated heterocycles. The van der Waals surface area contributed by atoms with Crippen LogP contribution in [-0.4, -0.2) is 20.7 Å². The minimum Gasteiger partial charge on any atom is -0.337 e. The maximum absolute atomic E-state index is 11.9. The maximum Gasteiger partial charge on any atom is 0.221 e. The lowest BCUT2D eigenvalue weighted by atomic mass is 10.0. The van der Waals surface area contributed by atoms with Crippen LogP contribution >= 0.6 is 0 Å². The Hall–Kier alpha value is -2.68. The van der Waals surface area contributed by atoms with Gasteiger partial charge in [0, 0.05) is 13.0 Å². The zero-order valence-corrected chi connectivity index (χ0v) is 11.9. The summed E-state index contributed by atoms with van der Waals surface area (Å²) in [5, 5.41) is 16.0. The van der Waals surface area contributed by atoms with Gasteiger partial charge in [-0.2, -0.15) is 10.4 Å². The summed E-state index contributed by atoms with van der Waals surface area (Å²) in [6, 6.07) is 9.09. The number of hydrogen-bond donors (Lipinski definition) is 1. The highest BCUT2D eigenvalue weighted by Crippen LogP contribution is 2.16. The van der Waals surface area contributed by atoms with Crippen molar-refractivity contribution in [2.45, 2.75) is 32.4 Å². The molecular formula is C15H17N5O. The van der Waals surface area contributed by atoms with Gasteiger partial charge in [-0.25, -0.2) is 4.98 Å². The lowest BCUT2D eigenvalue weighted by Crippen LogP contribution is -2.28. The first kappa shape index (κ1) is 14.7. The van der Waals surface area contributed by atoms with Gasteiger partial charge in [0.05, 0.1) is 6.07 Å². The molecule has 6 heteroatoms. The van der Waals surface area contributed by atoms with Gasteiger partial charge in [0.25, 0.3) is 0 Å². The smallest absolute Gasteiger partial charge is 0.221 e. The number of hydrogen-bond acceptors (Lipinski definition) is 4. The molecule has 6 nitrogen and oxygen atoms in total. The lowest BCUT2D eigenvalue weighted by Gasteiger charge is -2.14. The topological polar surface area (TPSA) is 83.6 Å². The first-order chi connectivity index (χ1) is 10.2. The van der Waals surface area contributed by atoms with Gasteiger partial charge in [-0.3, -0.25) is 9.48 Å². The molecular weight excluding hydrogens is 266 g/mol. The molecule has 0 unspecified atom stereocenters. The second-order valence-corrected chi connectivity index (χ2v) is 4.75. The van der Waals surface area contributed by atoms with Crippen molar-refractivity contribution in [1.82, 2.24) is 20.1 Å². The van der Waals surface area contributed by atoms with E-state index < -0.39 is 6.04 Å². The van der Waals surface area contributed by atoms with Crippen LogP contribution in [0, 0.1) is 18.3 Å². The number of rotatable bonds is 6. The summed E-state index contributed by atoms with van der Waals surface area (Å²) in [6.45, 7) is 2.56. The average Bonchev–Trinajstić information content (AvgIpc) is 2.99. The third-order valence-corrected chi connectivity index (χ3v) is 3.19. The van der Waals surface area contributed by atoms with E-state index in [1.807, 2.05) is 31.2 Å². The highest BCUT2D eigenvalue weighted by Gasteiger charge is 2.15. The van der Waals surface area contributed by atoms with Crippen molar-refractivity contribution in [3.05, 3.63) is 48.0 Å². The van der Waals surface area contributed by atoms with Crippen molar-refractivity contribution >= 4 is 5.91 Å². The molecule has 1 atom stereocenters. The normalized spacial score (nSPS) is 11.6. The highest BCUT2D eigenvalue weighted by atomic mass is 16.1. The monoisotopic (exact) mass is 283 g/mol. The third kappa shape index (κ3) is 4.14. The Morgan fingerprint density at radius 1 is 1.48 bits per heavy atom. The Bertz CT molecular complexity index is 630. The van der Waals surface area contributed by atoms with Gasteiger partial charge in [-0.1, -0.05) is 24.3 Å². The molecule has 0 aliphatic carbocycles. The van der Waals surface area contributed by atoms with Crippen LogP contribution in [0.5, 0.6) is 0 Å². The number of aryl methyl sites for hydroxylation is 2. The quantitative estimate of drug-likeness (QED) is 0.875. The van der Waals surface area contributed by atoms with Gasteiger partial charge in [0.1, 0.15) is 18.7 Å². The molecule has 21 heavy (non-hydrogen) atoms. The fraction of sp³-hybridized carbons (Fsp3) is 0.333. The van der Waals surface area contributed by atoms with Crippen LogP contribution in [0.15, 0.2) is 36.9 Å². The van der Waals surface area contributed by atoms with E-state index in [1.165, 1.54) is 6.33 Å². The van der Waals surface area contributed by atoms with Crippen molar-refractivity contribution in [3.8, 4) is 6.07 Å². The Balaban J connectivity index is 1.86. The van der Waals surface area contributed by atoms with Gasteiger partial charge in [0.15, 0.2) is 0 Å². The van der Waals surface area contributed by atoms with E-state index in [0.717, 1.165) is 11.1 Å². The van der Waals surface area contributed by atoms with Crippen molar-refractivity contribution in [3.63, 3.8) is 0 Å². The van der Waals surface area contributed by atoms with Gasteiger partial charge in [0.2, 0.25) is 5.91 Å². The second kappa shape index (κ2) is 7.20. The van der Waals surface area contributed by atoms with Crippen LogP contribution < -0.4 is 5.32 Å². The predicted molar refractivity (Wildman–Crippen MR) is 76.9 cm³/mol. The van der Waals surface area contributed by atoms with Crippen molar-refractivity contribution in [2.24, 2.45) is 0 Å². The third-order valence-electron chi connectivity index (χ3n) is 3.19. The standard InChI is InChI=1S/C15H17N5O/c1-12-5-2-3-6-13(12)14(9-16)19-15(21)7-4-8-20-11-17-10-18-20/h2-3,5-6,10-11,14H,4,7-8H2,1H3,(H,19,21)/t14-/m1/s1. The van der Waals surface area contributed by atoms with Crippen LogP contribution in [0.2, 0.25) is 0 Å². The van der Waals surface area contributed by atoms with Gasteiger partial charge in [-0.05, 0) is 24.5 Å². The molecule has 0 bridgehead atoms. The molecule has 1 N–H and O–H groups in total. The summed E-state index contributed by atoms with van der Waals surface area (Å²) < 4.78 is 1.68. The molecule has 0 radical (unpaired) electrons. The fourth-order valence-corrected chi connectivity index (χ4v) is 2.07. The first-order valence-electron chi connectivity index (χ1n) is 6.77. The molecule has 0 fully saturated rings. The van der Waals surface area contributed by atoms with Crippen molar-refractivity contribution in [2.75, 3.05) is 0 Å². The van der Waals surface area contributed by atoms with Gasteiger partial charge >= 0.3 is 0 Å². The molecule has 0 spiro atoms. The number of amides is 1. The fourth-order valence-electron chi connectivity index (χ4n) is 2.07. The summed E-state index contributed by atoms with van der Waals surface area (Å²) in [4.78, 5) is 15.8. The van der Waals surface area contributed by atoms with E-state index >= 15 is 0 Å². The van der Waals surface area contributed by atoms with E-state index in [1.54, 1.807) is 11.0 Å². The summed E-state index contributed by atoms with van der Waals surface area (Å²) in [7, 11) is 0. The maximum atomic E-state index is 11.9. The molecule has 2 rings (SSSR count). The lowest BCUT2D eigenvalue weighted by molar-refractivity contribution is -0.121. The Morgan fingerprint density at radius 3 is 2.95 bits per heavy atom. The Kier molecular flexibility index (Phi) is 5.04. The number of carbonyl (C=O) groups excluding carboxylic acids is 1. The number of nitrogens with one attached hydrogen (secondary N) is 1. The van der Waals surface area contributed by atoms with E-state index in [9.17, 15) is 10.1 Å². The summed E-state index contributed by atoms with van der Waals surface area (Å²) in [5.41, 5.74) is 1.83. The molecule has 2 aromatic rings. The molecule has 1 aromatic carbocycles. The number of aromatic nitrogens is 3. The average molecular weight is 283 g/mol. The Morgan fingerprint density at radius 2 is 2.29 bits per heavy atom. The van der Waals surface area contributed by atoms with E-state index in [2.05, 4.69) is 21.5 Å². The SMILES string of the molecule is Cc1ccccc1[C@@H](C#N)NC(=O)CCCn1cncn1. The van der Waals surface area contributed by atoms with Crippen LogP contribution in [0.4, 0.5) is 0 Å². The largest absolute Gasteiger partial charge is 0.337 e. The van der Waals surface area contributed by atoms with Crippen LogP contribution in [0.3, 0.4) is 0 Å². The summed E-state index contributed by atoms with van der Waals surface area (Å²) in [5.74, 6) is -0.134. The minimum absolute atomic E-state index is 0.134. The number of benzene rings is 1. The molecule has 0 saturated carbocycles. The summed E-state index contributed by atoms with van der Waals surface area (Å²) in [6.07, 6.45) is 4.08. The van der Waals surface area contributed by atoms with E-state index in [0.29, 0.717) is 19.4 Å². The van der Waals surface area contributed by atoms with Crippen LogP contribution in [-0.2, 0) is 11.3 Å². The van der Waals surface area contributed by atoms with Gasteiger partial charge in [-0.15, -0.1) is 0 Å². The minimum atomic E-state index is -0.606. The van der Waals surface area contributed by atoms with Crippen molar-refractivity contribution < 1.29 is 4.79 Å². The predicted octanol–water partition coefficient (Wildman–Crippen LogP) is 1.75. The van der Waals surface area contributed by atoms with E-state index in [-0.39, 0.29) is 5.91 Å². The first-order valence-corrected chi connectivity index (χ1v) is 6.77. The van der Waals surface area contributed by atoms with E-state index in [4.69, 9.17) is 0 Å². The summed E-state index contributed by atoms with van der Waals surface area (Å²) >= 11 is 0.